The summed E-state index contributed by atoms with van der Waals surface area (Å²) in [6.45, 7) is 1.83. The molecule has 0 aliphatic rings. The number of amides is 1. The smallest absolute Gasteiger partial charge is 0.257 e. The normalized spacial score (nSPS) is 10.7. The largest absolute Gasteiger partial charge is 0.497 e. The van der Waals surface area contributed by atoms with Gasteiger partial charge in [0, 0.05) is 29.5 Å². The van der Waals surface area contributed by atoms with E-state index in [1.807, 2.05) is 67.7 Å². The van der Waals surface area contributed by atoms with Gasteiger partial charge in [-0.1, -0.05) is 0 Å². The number of carbonyl (C=O) groups is 1. The highest BCUT2D eigenvalue weighted by molar-refractivity contribution is 6.06. The van der Waals surface area contributed by atoms with E-state index in [2.05, 4.69) is 15.4 Å². The summed E-state index contributed by atoms with van der Waals surface area (Å²) in [7, 11) is 1.62. The average Bonchev–Trinajstić information content (AvgIpc) is 3.22. The molecule has 0 saturated heterocycles. The Hall–Kier alpha value is -3.67. The average molecular weight is 358 g/mol. The van der Waals surface area contributed by atoms with Crippen LogP contribution in [0.5, 0.6) is 5.75 Å². The first-order valence-corrected chi connectivity index (χ1v) is 8.51. The number of methoxy groups -OCH3 is 1. The van der Waals surface area contributed by atoms with Gasteiger partial charge in [0.05, 0.1) is 29.6 Å². The standard InChI is InChI=1S/C21H18N4O2/c1-14-19(12-15-4-9-18(27-2)13-20(15)23-14)21(26)24-16-5-7-17(8-6-16)25-11-3-10-22-25/h3-13H,1-2H3,(H,24,26). The van der Waals surface area contributed by atoms with Gasteiger partial charge in [-0.2, -0.15) is 5.10 Å². The third-order valence-corrected chi connectivity index (χ3v) is 4.35. The number of hydrogen-bond donors (Lipinski definition) is 1. The van der Waals surface area contributed by atoms with E-state index in [1.54, 1.807) is 18.0 Å². The third kappa shape index (κ3) is 3.37. The van der Waals surface area contributed by atoms with Crippen molar-refractivity contribution >= 4 is 22.5 Å². The molecule has 2 aromatic heterocycles. The van der Waals surface area contributed by atoms with Crippen LogP contribution in [-0.2, 0) is 0 Å². The second-order valence-corrected chi connectivity index (χ2v) is 6.13. The van der Waals surface area contributed by atoms with Crippen molar-refractivity contribution in [3.63, 3.8) is 0 Å². The zero-order chi connectivity index (χ0) is 18.8. The van der Waals surface area contributed by atoms with Crippen molar-refractivity contribution in [2.75, 3.05) is 12.4 Å². The number of nitrogens with zero attached hydrogens (tertiary/aromatic N) is 3. The Morgan fingerprint density at radius 2 is 1.93 bits per heavy atom. The van der Waals surface area contributed by atoms with Crippen molar-refractivity contribution in [3.8, 4) is 11.4 Å². The summed E-state index contributed by atoms with van der Waals surface area (Å²) in [5.41, 5.74) is 3.65. The number of aryl methyl sites for hydroxylation is 1. The van der Waals surface area contributed by atoms with Crippen molar-refractivity contribution in [2.45, 2.75) is 6.92 Å². The number of anilines is 1. The minimum atomic E-state index is -0.190. The summed E-state index contributed by atoms with van der Waals surface area (Å²) in [6, 6.07) is 16.8. The molecule has 4 aromatic rings. The SMILES string of the molecule is COc1ccc2cc(C(=O)Nc3ccc(-n4cccn4)cc3)c(C)nc2c1. The van der Waals surface area contributed by atoms with Crippen LogP contribution < -0.4 is 10.1 Å². The molecule has 0 unspecified atom stereocenters. The summed E-state index contributed by atoms with van der Waals surface area (Å²) in [5.74, 6) is 0.549. The molecule has 1 N–H and O–H groups in total. The Labute approximate surface area is 156 Å². The number of pyridine rings is 1. The molecule has 0 radical (unpaired) electrons. The first-order chi connectivity index (χ1) is 13.1. The molecule has 134 valence electrons. The molecule has 0 atom stereocenters. The molecule has 0 fully saturated rings. The molecule has 1 amide bonds. The minimum Gasteiger partial charge on any atom is -0.497 e. The van der Waals surface area contributed by atoms with Gasteiger partial charge < -0.3 is 10.1 Å². The van der Waals surface area contributed by atoms with E-state index < -0.39 is 0 Å². The number of nitrogens with one attached hydrogen (secondary N) is 1. The molecule has 4 rings (SSSR count). The van der Waals surface area contributed by atoms with Gasteiger partial charge >= 0.3 is 0 Å². The fourth-order valence-corrected chi connectivity index (χ4v) is 2.92. The predicted octanol–water partition coefficient (Wildman–Crippen LogP) is 3.99. The van der Waals surface area contributed by atoms with Gasteiger partial charge in [0.1, 0.15) is 5.75 Å². The van der Waals surface area contributed by atoms with Crippen molar-refractivity contribution in [2.24, 2.45) is 0 Å². The molecule has 6 heteroatoms. The fourth-order valence-electron chi connectivity index (χ4n) is 2.92. The Balaban J connectivity index is 1.58. The highest BCUT2D eigenvalue weighted by Gasteiger charge is 2.12. The van der Waals surface area contributed by atoms with E-state index in [0.29, 0.717) is 16.9 Å². The van der Waals surface area contributed by atoms with Crippen LogP contribution in [0.15, 0.2) is 67.0 Å². The van der Waals surface area contributed by atoms with Gasteiger partial charge in [0.15, 0.2) is 0 Å². The van der Waals surface area contributed by atoms with Crippen LogP contribution in [0.3, 0.4) is 0 Å². The number of benzene rings is 2. The second kappa shape index (κ2) is 6.92. The third-order valence-electron chi connectivity index (χ3n) is 4.35. The zero-order valence-corrected chi connectivity index (χ0v) is 15.0. The molecule has 27 heavy (non-hydrogen) atoms. The summed E-state index contributed by atoms with van der Waals surface area (Å²) in [5, 5.41) is 8.00. The van der Waals surface area contributed by atoms with E-state index in [-0.39, 0.29) is 5.91 Å². The van der Waals surface area contributed by atoms with Gasteiger partial charge in [0.2, 0.25) is 0 Å². The maximum Gasteiger partial charge on any atom is 0.257 e. The lowest BCUT2D eigenvalue weighted by atomic mass is 10.1. The van der Waals surface area contributed by atoms with Crippen LogP contribution in [0.25, 0.3) is 16.6 Å². The maximum absolute atomic E-state index is 12.7. The molecular formula is C21H18N4O2. The number of fused-ring (bicyclic) bond motifs is 1. The Bertz CT molecular complexity index is 1100. The van der Waals surface area contributed by atoms with Gasteiger partial charge in [0.25, 0.3) is 5.91 Å². The topological polar surface area (TPSA) is 69.0 Å². The number of carbonyl (C=O) groups excluding carboxylic acids is 1. The van der Waals surface area contributed by atoms with Crippen LogP contribution in [0.2, 0.25) is 0 Å². The summed E-state index contributed by atoms with van der Waals surface area (Å²) in [4.78, 5) is 17.3. The van der Waals surface area contributed by atoms with Crippen LogP contribution in [-0.4, -0.2) is 27.8 Å². The van der Waals surface area contributed by atoms with Crippen molar-refractivity contribution in [1.82, 2.24) is 14.8 Å². The lowest BCUT2D eigenvalue weighted by Crippen LogP contribution is -2.14. The van der Waals surface area contributed by atoms with Crippen molar-refractivity contribution in [1.29, 1.82) is 0 Å². The number of rotatable bonds is 4. The van der Waals surface area contributed by atoms with Gasteiger partial charge in [-0.25, -0.2) is 4.68 Å². The van der Waals surface area contributed by atoms with E-state index in [1.165, 1.54) is 0 Å². The molecule has 0 bridgehead atoms. The van der Waals surface area contributed by atoms with E-state index in [4.69, 9.17) is 4.74 Å². The maximum atomic E-state index is 12.7. The quantitative estimate of drug-likeness (QED) is 0.599. The van der Waals surface area contributed by atoms with E-state index in [0.717, 1.165) is 22.3 Å². The lowest BCUT2D eigenvalue weighted by molar-refractivity contribution is 0.102. The minimum absolute atomic E-state index is 0.190. The Kier molecular flexibility index (Phi) is 4.30. The van der Waals surface area contributed by atoms with Crippen LogP contribution >= 0.6 is 0 Å². The number of hydrogen-bond acceptors (Lipinski definition) is 4. The monoisotopic (exact) mass is 358 g/mol. The summed E-state index contributed by atoms with van der Waals surface area (Å²) < 4.78 is 6.99. The van der Waals surface area contributed by atoms with Gasteiger partial charge in [-0.3, -0.25) is 9.78 Å². The Morgan fingerprint density at radius 1 is 1.11 bits per heavy atom. The zero-order valence-electron chi connectivity index (χ0n) is 15.0. The summed E-state index contributed by atoms with van der Waals surface area (Å²) >= 11 is 0. The number of ether oxygens (including phenoxy) is 1. The van der Waals surface area contributed by atoms with E-state index in [9.17, 15) is 4.79 Å². The van der Waals surface area contributed by atoms with E-state index >= 15 is 0 Å². The highest BCUT2D eigenvalue weighted by atomic mass is 16.5. The molecule has 2 aromatic carbocycles. The van der Waals surface area contributed by atoms with Crippen molar-refractivity contribution < 1.29 is 9.53 Å². The predicted molar refractivity (Wildman–Crippen MR) is 105 cm³/mol. The van der Waals surface area contributed by atoms with Gasteiger partial charge in [-0.15, -0.1) is 0 Å². The first kappa shape index (κ1) is 16.8. The van der Waals surface area contributed by atoms with Crippen LogP contribution in [0, 0.1) is 6.92 Å². The van der Waals surface area contributed by atoms with Crippen LogP contribution in [0.4, 0.5) is 5.69 Å². The molecule has 0 saturated carbocycles. The molecule has 0 aliphatic carbocycles. The highest BCUT2D eigenvalue weighted by Crippen LogP contribution is 2.22. The summed E-state index contributed by atoms with van der Waals surface area (Å²) in [6.07, 6.45) is 3.59. The molecule has 0 spiro atoms. The molecule has 6 nitrogen and oxygen atoms in total. The second-order valence-electron chi connectivity index (χ2n) is 6.13. The molecule has 2 heterocycles. The van der Waals surface area contributed by atoms with Crippen LogP contribution in [0.1, 0.15) is 16.1 Å². The van der Waals surface area contributed by atoms with Crippen molar-refractivity contribution in [3.05, 3.63) is 78.2 Å². The lowest BCUT2D eigenvalue weighted by Gasteiger charge is -2.10. The fraction of sp³-hybridized carbons (Fsp3) is 0.0952. The Morgan fingerprint density at radius 3 is 2.63 bits per heavy atom. The molecule has 0 aliphatic heterocycles. The van der Waals surface area contributed by atoms with Gasteiger partial charge in [-0.05, 0) is 55.5 Å². The molecular weight excluding hydrogens is 340 g/mol. The first-order valence-electron chi connectivity index (χ1n) is 8.51. The number of aromatic nitrogens is 3.